The first-order chi connectivity index (χ1) is 27.1. The second kappa shape index (κ2) is 13.8. The minimum atomic E-state index is -0.896. The van der Waals surface area contributed by atoms with Gasteiger partial charge in [0.2, 0.25) is 11.9 Å². The number of ether oxygens (including phenoxy) is 2. The van der Waals surface area contributed by atoms with Gasteiger partial charge in [-0.2, -0.15) is 9.97 Å². The van der Waals surface area contributed by atoms with E-state index in [1.807, 2.05) is 24.3 Å². The zero-order valence-corrected chi connectivity index (χ0v) is 29.4. The predicted octanol–water partition coefficient (Wildman–Crippen LogP) is -1.18. The van der Waals surface area contributed by atoms with Crippen LogP contribution in [0.15, 0.2) is 58.6 Å². The monoisotopic (exact) mass is 768 g/mol. The number of nitrogens with zero attached hydrogens (tertiary/aromatic N) is 10. The molecule has 290 valence electrons. The lowest BCUT2D eigenvalue weighted by molar-refractivity contribution is -0.0430. The second-order valence-corrected chi connectivity index (χ2v) is 13.8. The van der Waals surface area contributed by atoms with E-state index in [0.29, 0.717) is 35.6 Å². The number of aliphatic hydroxyl groups excluding tert-OH is 4. The Morgan fingerprint density at radius 2 is 1.09 bits per heavy atom. The molecule has 0 bridgehead atoms. The molecule has 9 rings (SSSR count). The zero-order valence-electron chi connectivity index (χ0n) is 29.4. The van der Waals surface area contributed by atoms with Crippen molar-refractivity contribution < 1.29 is 29.9 Å². The third-order valence-electron chi connectivity index (χ3n) is 10.1. The van der Waals surface area contributed by atoms with Crippen LogP contribution in [0.25, 0.3) is 44.6 Å². The molecule has 2 aliphatic heterocycles. The summed E-state index contributed by atoms with van der Waals surface area (Å²) in [5.74, 6) is -0.165. The van der Waals surface area contributed by atoms with Crippen LogP contribution in [0.3, 0.4) is 0 Å². The van der Waals surface area contributed by atoms with E-state index in [9.17, 15) is 30.0 Å². The first-order valence-electron chi connectivity index (χ1n) is 17.6. The number of hydrogen-bond acceptors (Lipinski definition) is 16. The molecule has 0 saturated carbocycles. The van der Waals surface area contributed by atoms with E-state index in [0.717, 1.165) is 11.1 Å². The van der Waals surface area contributed by atoms with Gasteiger partial charge in [0.1, 0.15) is 36.1 Å². The number of benzene rings is 1. The summed E-state index contributed by atoms with van der Waals surface area (Å²) >= 11 is 0. The number of nitrogen functional groups attached to an aromatic ring is 2. The molecule has 0 spiro atoms. The van der Waals surface area contributed by atoms with Gasteiger partial charge in [-0.3, -0.25) is 19.6 Å². The smallest absolute Gasteiger partial charge is 0.262 e. The van der Waals surface area contributed by atoms with Crippen molar-refractivity contribution in [3.8, 4) is 22.5 Å². The van der Waals surface area contributed by atoms with Gasteiger partial charge in [0.05, 0.1) is 61.7 Å². The van der Waals surface area contributed by atoms with E-state index in [-0.39, 0.29) is 60.0 Å². The number of aliphatic hydroxyl groups is 4. The molecule has 56 heavy (non-hydrogen) atoms. The van der Waals surface area contributed by atoms with Crippen LogP contribution in [-0.4, -0.2) is 117 Å². The maximum Gasteiger partial charge on any atom is 0.262 e. The third-order valence-corrected chi connectivity index (χ3v) is 10.1. The molecule has 10 N–H and O–H groups in total. The van der Waals surface area contributed by atoms with Crippen LogP contribution in [0, 0.1) is 0 Å². The van der Waals surface area contributed by atoms with Crippen LogP contribution in [0.4, 0.5) is 11.9 Å². The first-order valence-corrected chi connectivity index (χ1v) is 17.6. The Morgan fingerprint density at radius 3 is 1.46 bits per heavy atom. The number of fused-ring (bicyclic) bond motifs is 2. The number of H-pyrrole nitrogens is 2. The average molecular weight is 769 g/mol. The van der Waals surface area contributed by atoms with Crippen molar-refractivity contribution in [3.05, 3.63) is 80.9 Å². The van der Waals surface area contributed by atoms with Crippen LogP contribution in [0.5, 0.6) is 0 Å². The topological polar surface area (TPSA) is 314 Å². The quantitative estimate of drug-likeness (QED) is 0.0812. The molecule has 2 aliphatic rings. The van der Waals surface area contributed by atoms with Gasteiger partial charge in [0.15, 0.2) is 11.3 Å². The zero-order chi connectivity index (χ0) is 38.8. The summed E-state index contributed by atoms with van der Waals surface area (Å²) in [7, 11) is 0. The number of nitrogens with two attached hydrogens (primary N) is 2. The lowest BCUT2D eigenvalue weighted by atomic mass is 10.1. The molecule has 0 amide bonds. The molecule has 2 fully saturated rings. The summed E-state index contributed by atoms with van der Waals surface area (Å²) in [6.45, 7) is 0.0173. The van der Waals surface area contributed by atoms with Crippen LogP contribution in [0.2, 0.25) is 0 Å². The van der Waals surface area contributed by atoms with E-state index in [2.05, 4.69) is 40.6 Å². The first kappa shape index (κ1) is 35.4. The van der Waals surface area contributed by atoms with Crippen LogP contribution >= 0.6 is 0 Å². The highest BCUT2D eigenvalue weighted by atomic mass is 16.5. The highest BCUT2D eigenvalue weighted by molar-refractivity contribution is 5.93. The van der Waals surface area contributed by atoms with Crippen molar-refractivity contribution in [2.45, 2.75) is 62.8 Å². The predicted molar refractivity (Wildman–Crippen MR) is 195 cm³/mol. The number of nitrogens with one attached hydrogen (secondary N) is 2. The largest absolute Gasteiger partial charge is 0.394 e. The summed E-state index contributed by atoms with van der Waals surface area (Å²) in [5.41, 5.74) is 14.8. The van der Waals surface area contributed by atoms with Gasteiger partial charge in [-0.05, 0) is 11.1 Å². The highest BCUT2D eigenvalue weighted by Gasteiger charge is 2.37. The summed E-state index contributed by atoms with van der Waals surface area (Å²) in [6, 6.07) is 7.77. The molecule has 0 unspecified atom stereocenters. The van der Waals surface area contributed by atoms with Gasteiger partial charge in [-0.25, -0.2) is 9.36 Å². The minimum absolute atomic E-state index is 0.0825. The fraction of sp³-hybridized carbons (Fsp3) is 0.353. The molecule has 6 aromatic heterocycles. The van der Waals surface area contributed by atoms with Crippen molar-refractivity contribution in [2.24, 2.45) is 0 Å². The number of aromatic nitrogens is 12. The molecule has 1 aromatic carbocycles. The Hall–Kier alpha value is -6.30. The van der Waals surface area contributed by atoms with Crippen molar-refractivity contribution in [3.63, 3.8) is 0 Å². The van der Waals surface area contributed by atoms with Crippen LogP contribution in [-0.2, 0) is 22.6 Å². The van der Waals surface area contributed by atoms with Crippen molar-refractivity contribution >= 4 is 34.0 Å². The summed E-state index contributed by atoms with van der Waals surface area (Å²) in [4.78, 5) is 39.9. The van der Waals surface area contributed by atoms with Crippen molar-refractivity contribution in [1.29, 1.82) is 0 Å². The van der Waals surface area contributed by atoms with Crippen molar-refractivity contribution in [1.82, 2.24) is 59.1 Å². The minimum Gasteiger partial charge on any atom is -0.394 e. The van der Waals surface area contributed by atoms with E-state index < -0.39 is 48.0 Å². The molecule has 6 atom stereocenters. The molecule has 22 nitrogen and oxygen atoms in total. The molecule has 0 radical (unpaired) electrons. The van der Waals surface area contributed by atoms with E-state index in [4.69, 9.17) is 20.9 Å². The average Bonchev–Trinajstić information content (AvgIpc) is 4.02. The fourth-order valence-electron chi connectivity index (χ4n) is 7.40. The lowest BCUT2D eigenvalue weighted by Gasteiger charge is -2.14. The van der Waals surface area contributed by atoms with E-state index in [1.165, 1.54) is 0 Å². The molecule has 7 aromatic rings. The lowest BCUT2D eigenvalue weighted by Crippen LogP contribution is -2.24. The van der Waals surface area contributed by atoms with Gasteiger partial charge in [0.25, 0.3) is 11.1 Å². The fourth-order valence-corrected chi connectivity index (χ4v) is 7.40. The van der Waals surface area contributed by atoms with E-state index in [1.54, 1.807) is 43.3 Å². The summed E-state index contributed by atoms with van der Waals surface area (Å²) in [6.07, 6.45) is 2.37. The Bertz CT molecular complexity index is 2510. The van der Waals surface area contributed by atoms with Gasteiger partial charge in [-0.1, -0.05) is 34.7 Å². The van der Waals surface area contributed by atoms with E-state index >= 15 is 0 Å². The van der Waals surface area contributed by atoms with Gasteiger partial charge in [0, 0.05) is 36.4 Å². The molecule has 2 saturated heterocycles. The summed E-state index contributed by atoms with van der Waals surface area (Å²) in [5, 5.41) is 57.5. The molecule has 8 heterocycles. The number of hydrogen-bond donors (Lipinski definition) is 8. The highest BCUT2D eigenvalue weighted by Crippen LogP contribution is 2.36. The summed E-state index contributed by atoms with van der Waals surface area (Å²) < 4.78 is 18.2. The number of anilines is 2. The Balaban J connectivity index is 0.924. The molecule has 22 heteroatoms. The van der Waals surface area contributed by atoms with Gasteiger partial charge < -0.3 is 50.5 Å². The standard InChI is InChI=1S/C34H36N14O8/c35-33-37-29-27(31(53)39-33)17(9-47(29)25-5-21(51)23(13-49)55-25)19-11-45(43-41-19)7-15-1-2-16(4-3-15)8-46-12-20(42-44-46)18-10-48(26-6-22(52)24(14-50)56-26)30-28(18)32(54)40-34(36)38-30/h1-4,9-12,21-26,49-52H,5-8,13-14H2,(H3,35,37,39,53)(H3,36,38,40,54)/t21-,22-,23+,24+,25+,26+/m0/s1. The Morgan fingerprint density at radius 1 is 0.679 bits per heavy atom. The second-order valence-electron chi connectivity index (χ2n) is 13.8. The van der Waals surface area contributed by atoms with Gasteiger partial charge >= 0.3 is 0 Å². The normalized spacial score (nSPS) is 22.6. The SMILES string of the molecule is Nc1nc2c(c(-c3cn(Cc4ccc(Cn5cc(-c6cn([C@H]7C[C@H](O)[C@@H](CO)O7)c7nc(N)[nH]c(=O)c67)nn5)cc4)nn3)cn2[C@H]2C[C@H](O)[C@@H](CO)O2)c(=O)[nH]1. The number of rotatable bonds is 10. The van der Waals surface area contributed by atoms with Crippen LogP contribution < -0.4 is 22.6 Å². The number of aromatic amines is 2. The molecular weight excluding hydrogens is 732 g/mol. The van der Waals surface area contributed by atoms with Crippen molar-refractivity contribution in [2.75, 3.05) is 24.7 Å². The Labute approximate surface area is 313 Å². The van der Waals surface area contributed by atoms with Crippen LogP contribution in [0.1, 0.15) is 36.4 Å². The van der Waals surface area contributed by atoms with Gasteiger partial charge in [-0.15, -0.1) is 10.2 Å². The maximum atomic E-state index is 13.1. The Kier molecular flexibility index (Phi) is 8.71. The molecule has 0 aliphatic carbocycles. The molecular formula is C34H36N14O8. The maximum absolute atomic E-state index is 13.1. The third kappa shape index (κ3) is 6.18.